The number of nitrogens with one attached hydrogen (secondary N) is 2. The molecule has 1 aromatic carbocycles. The van der Waals surface area contributed by atoms with Crippen molar-refractivity contribution in [2.75, 3.05) is 13.1 Å². The fraction of sp³-hybridized carbons (Fsp3) is 0.562. The van der Waals surface area contributed by atoms with Crippen LogP contribution in [-0.4, -0.2) is 25.0 Å². The number of piperidine rings is 1. The minimum absolute atomic E-state index is 0.0996. The van der Waals surface area contributed by atoms with E-state index in [4.69, 9.17) is 0 Å². The standard InChI is InChI=1S/C16H23FN2O/c1-12(8-13-4-2-5-14(17)10-13)9-16(20)19-15-6-3-7-18-11-15/h2,4-5,10,12,15,18H,3,6-9,11H2,1H3,(H,19,20). The molecule has 0 saturated carbocycles. The summed E-state index contributed by atoms with van der Waals surface area (Å²) in [5.41, 5.74) is 0.949. The SMILES string of the molecule is CC(CC(=O)NC1CCCNC1)Cc1cccc(F)c1. The number of hydrogen-bond acceptors (Lipinski definition) is 2. The lowest BCUT2D eigenvalue weighted by molar-refractivity contribution is -0.122. The average molecular weight is 278 g/mol. The lowest BCUT2D eigenvalue weighted by Crippen LogP contribution is -2.45. The molecule has 0 spiro atoms. The van der Waals surface area contributed by atoms with Gasteiger partial charge in [-0.15, -0.1) is 0 Å². The third-order valence-electron chi connectivity index (χ3n) is 3.67. The molecule has 0 bridgehead atoms. The molecule has 0 aromatic heterocycles. The maximum absolute atomic E-state index is 13.1. The van der Waals surface area contributed by atoms with E-state index >= 15 is 0 Å². The van der Waals surface area contributed by atoms with Crippen molar-refractivity contribution in [2.24, 2.45) is 5.92 Å². The van der Waals surface area contributed by atoms with Crippen LogP contribution in [-0.2, 0) is 11.2 Å². The predicted molar refractivity (Wildman–Crippen MR) is 77.9 cm³/mol. The molecule has 1 aromatic rings. The van der Waals surface area contributed by atoms with Crippen molar-refractivity contribution in [3.63, 3.8) is 0 Å². The Morgan fingerprint density at radius 3 is 3.10 bits per heavy atom. The van der Waals surface area contributed by atoms with Gasteiger partial charge in [0.05, 0.1) is 0 Å². The molecule has 0 radical (unpaired) electrons. The highest BCUT2D eigenvalue weighted by atomic mass is 19.1. The third kappa shape index (κ3) is 4.93. The van der Waals surface area contributed by atoms with Gasteiger partial charge in [-0.1, -0.05) is 19.1 Å². The second-order valence-corrected chi connectivity index (χ2v) is 5.75. The van der Waals surface area contributed by atoms with E-state index in [1.807, 2.05) is 13.0 Å². The van der Waals surface area contributed by atoms with Gasteiger partial charge in [0, 0.05) is 19.0 Å². The zero-order valence-electron chi connectivity index (χ0n) is 12.0. The number of hydrogen-bond donors (Lipinski definition) is 2. The van der Waals surface area contributed by atoms with Gasteiger partial charge < -0.3 is 10.6 Å². The van der Waals surface area contributed by atoms with E-state index in [-0.39, 0.29) is 23.7 Å². The molecule has 0 aliphatic carbocycles. The molecule has 2 N–H and O–H groups in total. The highest BCUT2D eigenvalue weighted by molar-refractivity contribution is 5.76. The number of benzene rings is 1. The summed E-state index contributed by atoms with van der Waals surface area (Å²) in [7, 11) is 0. The molecular formula is C16H23FN2O. The van der Waals surface area contributed by atoms with E-state index in [0.717, 1.165) is 37.9 Å². The van der Waals surface area contributed by atoms with Gasteiger partial charge in [-0.05, 0) is 49.4 Å². The Morgan fingerprint density at radius 1 is 1.55 bits per heavy atom. The normalized spacial score (nSPS) is 20.4. The summed E-state index contributed by atoms with van der Waals surface area (Å²) in [6.07, 6.45) is 3.39. The van der Waals surface area contributed by atoms with E-state index in [2.05, 4.69) is 10.6 Å². The fourth-order valence-electron chi connectivity index (χ4n) is 2.72. The molecule has 20 heavy (non-hydrogen) atoms. The van der Waals surface area contributed by atoms with Crippen molar-refractivity contribution >= 4 is 5.91 Å². The largest absolute Gasteiger partial charge is 0.352 e. The first-order chi connectivity index (χ1) is 9.63. The molecule has 4 heteroatoms. The van der Waals surface area contributed by atoms with Crippen LogP contribution in [0.1, 0.15) is 31.7 Å². The van der Waals surface area contributed by atoms with E-state index in [1.54, 1.807) is 12.1 Å². The summed E-state index contributed by atoms with van der Waals surface area (Å²) in [4.78, 5) is 12.0. The zero-order valence-corrected chi connectivity index (χ0v) is 12.0. The second kappa shape index (κ2) is 7.39. The highest BCUT2D eigenvalue weighted by Crippen LogP contribution is 2.13. The Bertz CT molecular complexity index is 444. The highest BCUT2D eigenvalue weighted by Gasteiger charge is 2.17. The Kier molecular flexibility index (Phi) is 5.53. The van der Waals surface area contributed by atoms with Crippen LogP contribution in [0.15, 0.2) is 24.3 Å². The Morgan fingerprint density at radius 2 is 2.40 bits per heavy atom. The quantitative estimate of drug-likeness (QED) is 0.867. The van der Waals surface area contributed by atoms with Gasteiger partial charge in [-0.25, -0.2) is 4.39 Å². The second-order valence-electron chi connectivity index (χ2n) is 5.75. The third-order valence-corrected chi connectivity index (χ3v) is 3.67. The van der Waals surface area contributed by atoms with E-state index < -0.39 is 0 Å². The van der Waals surface area contributed by atoms with Crippen molar-refractivity contribution < 1.29 is 9.18 Å². The summed E-state index contributed by atoms with van der Waals surface area (Å²) in [6.45, 7) is 3.94. The van der Waals surface area contributed by atoms with E-state index in [9.17, 15) is 9.18 Å². The molecule has 110 valence electrons. The summed E-state index contributed by atoms with van der Waals surface area (Å²) in [5.74, 6) is 0.100. The minimum Gasteiger partial charge on any atom is -0.352 e. The summed E-state index contributed by atoms with van der Waals surface area (Å²) < 4.78 is 13.1. The minimum atomic E-state index is -0.215. The summed E-state index contributed by atoms with van der Waals surface area (Å²) >= 11 is 0. The number of amides is 1. The van der Waals surface area contributed by atoms with Gasteiger partial charge in [-0.2, -0.15) is 0 Å². The van der Waals surface area contributed by atoms with Gasteiger partial charge in [0.2, 0.25) is 5.91 Å². The van der Waals surface area contributed by atoms with Crippen LogP contribution in [0, 0.1) is 11.7 Å². The molecule has 2 unspecified atom stereocenters. The van der Waals surface area contributed by atoms with Crippen LogP contribution in [0.5, 0.6) is 0 Å². The van der Waals surface area contributed by atoms with Crippen LogP contribution >= 0.6 is 0 Å². The van der Waals surface area contributed by atoms with Crippen molar-refractivity contribution in [3.8, 4) is 0 Å². The predicted octanol–water partition coefficient (Wildman–Crippen LogP) is 2.26. The zero-order chi connectivity index (χ0) is 14.4. The van der Waals surface area contributed by atoms with Gasteiger partial charge in [0.25, 0.3) is 0 Å². The Labute approximate surface area is 120 Å². The van der Waals surface area contributed by atoms with Crippen LogP contribution in [0.2, 0.25) is 0 Å². The van der Waals surface area contributed by atoms with Crippen molar-refractivity contribution in [3.05, 3.63) is 35.6 Å². The molecular weight excluding hydrogens is 255 g/mol. The molecule has 1 amide bonds. The van der Waals surface area contributed by atoms with Crippen LogP contribution in [0.25, 0.3) is 0 Å². The Balaban J connectivity index is 1.75. The number of carbonyl (C=O) groups is 1. The van der Waals surface area contributed by atoms with E-state index in [0.29, 0.717) is 6.42 Å². The monoisotopic (exact) mass is 278 g/mol. The summed E-state index contributed by atoms with van der Waals surface area (Å²) in [5, 5.41) is 6.35. The smallest absolute Gasteiger partial charge is 0.220 e. The van der Waals surface area contributed by atoms with Crippen molar-refractivity contribution in [2.45, 2.75) is 38.6 Å². The lowest BCUT2D eigenvalue weighted by atomic mass is 9.97. The van der Waals surface area contributed by atoms with Crippen LogP contribution in [0.4, 0.5) is 4.39 Å². The number of rotatable bonds is 5. The van der Waals surface area contributed by atoms with Crippen molar-refractivity contribution in [1.29, 1.82) is 0 Å². The number of halogens is 1. The topological polar surface area (TPSA) is 41.1 Å². The van der Waals surface area contributed by atoms with E-state index in [1.165, 1.54) is 6.07 Å². The van der Waals surface area contributed by atoms with Gasteiger partial charge >= 0.3 is 0 Å². The van der Waals surface area contributed by atoms with Crippen LogP contribution in [0.3, 0.4) is 0 Å². The van der Waals surface area contributed by atoms with Gasteiger partial charge in [-0.3, -0.25) is 4.79 Å². The first-order valence-electron chi connectivity index (χ1n) is 7.38. The Hall–Kier alpha value is -1.42. The van der Waals surface area contributed by atoms with Gasteiger partial charge in [0.1, 0.15) is 5.82 Å². The van der Waals surface area contributed by atoms with Crippen molar-refractivity contribution in [1.82, 2.24) is 10.6 Å². The first kappa shape index (κ1) is 15.0. The van der Waals surface area contributed by atoms with Crippen LogP contribution < -0.4 is 10.6 Å². The molecule has 3 nitrogen and oxygen atoms in total. The molecule has 2 atom stereocenters. The number of carbonyl (C=O) groups excluding carboxylic acids is 1. The molecule has 2 rings (SSSR count). The maximum atomic E-state index is 13.1. The molecule has 1 heterocycles. The van der Waals surface area contributed by atoms with Gasteiger partial charge in [0.15, 0.2) is 0 Å². The molecule has 1 fully saturated rings. The molecule has 1 saturated heterocycles. The molecule has 1 aliphatic heterocycles. The first-order valence-corrected chi connectivity index (χ1v) is 7.38. The summed E-state index contributed by atoms with van der Waals surface area (Å²) in [6, 6.07) is 6.86. The fourth-order valence-corrected chi connectivity index (χ4v) is 2.72. The maximum Gasteiger partial charge on any atom is 0.220 e. The average Bonchev–Trinajstić information content (AvgIpc) is 2.39. The lowest BCUT2D eigenvalue weighted by Gasteiger charge is -2.24. The molecule has 1 aliphatic rings.